The lowest BCUT2D eigenvalue weighted by atomic mass is 10.0. The van der Waals surface area contributed by atoms with Crippen molar-refractivity contribution in [2.45, 2.75) is 64.8 Å². The van der Waals surface area contributed by atoms with Crippen LogP contribution in [0.3, 0.4) is 0 Å². The Hall–Kier alpha value is -2.04. The zero-order valence-electron chi connectivity index (χ0n) is 17.7. The first-order chi connectivity index (χ1) is 13.6. The van der Waals surface area contributed by atoms with Gasteiger partial charge in [0.05, 0.1) is 0 Å². The number of rotatable bonds is 6. The monoisotopic (exact) mass is 384 g/mol. The number of carbonyl (C=O) groups is 1. The van der Waals surface area contributed by atoms with E-state index >= 15 is 0 Å². The van der Waals surface area contributed by atoms with Gasteiger partial charge in [0.15, 0.2) is 5.96 Å². The molecule has 2 N–H and O–H groups in total. The molecular formula is C23H36N4O. The van der Waals surface area contributed by atoms with E-state index in [1.807, 2.05) is 0 Å². The zero-order valence-corrected chi connectivity index (χ0v) is 17.7. The van der Waals surface area contributed by atoms with Crippen LogP contribution in [0.15, 0.2) is 29.3 Å². The van der Waals surface area contributed by atoms with Crippen LogP contribution in [0.4, 0.5) is 0 Å². The maximum Gasteiger partial charge on any atom is 0.225 e. The molecule has 1 heterocycles. The molecule has 1 aromatic carbocycles. The van der Waals surface area contributed by atoms with E-state index in [1.54, 1.807) is 0 Å². The van der Waals surface area contributed by atoms with E-state index in [4.69, 9.17) is 4.99 Å². The van der Waals surface area contributed by atoms with Crippen LogP contribution in [-0.4, -0.2) is 49.0 Å². The molecule has 5 heteroatoms. The number of benzene rings is 1. The number of nitrogens with one attached hydrogen (secondary N) is 2. The van der Waals surface area contributed by atoms with Crippen molar-refractivity contribution >= 4 is 11.9 Å². The van der Waals surface area contributed by atoms with Gasteiger partial charge in [0.25, 0.3) is 0 Å². The van der Waals surface area contributed by atoms with Gasteiger partial charge < -0.3 is 15.5 Å². The first kappa shape index (κ1) is 20.7. The molecule has 1 aromatic rings. The van der Waals surface area contributed by atoms with Crippen molar-refractivity contribution < 1.29 is 4.79 Å². The van der Waals surface area contributed by atoms with Gasteiger partial charge in [-0.2, -0.15) is 0 Å². The molecule has 0 bridgehead atoms. The van der Waals surface area contributed by atoms with E-state index in [0.717, 1.165) is 51.4 Å². The molecule has 154 valence electrons. The summed E-state index contributed by atoms with van der Waals surface area (Å²) >= 11 is 0. The third-order valence-electron chi connectivity index (χ3n) is 6.06. The summed E-state index contributed by atoms with van der Waals surface area (Å²) in [5.74, 6) is 1.88. The summed E-state index contributed by atoms with van der Waals surface area (Å²) < 4.78 is 0. The fourth-order valence-corrected chi connectivity index (χ4v) is 4.25. The van der Waals surface area contributed by atoms with Crippen LogP contribution in [0.5, 0.6) is 0 Å². The summed E-state index contributed by atoms with van der Waals surface area (Å²) in [6.45, 7) is 9.67. The van der Waals surface area contributed by atoms with Gasteiger partial charge >= 0.3 is 0 Å². The number of amides is 1. The zero-order chi connectivity index (χ0) is 19.9. The molecule has 3 rings (SSSR count). The van der Waals surface area contributed by atoms with Crippen molar-refractivity contribution in [1.29, 1.82) is 0 Å². The molecule has 0 radical (unpaired) electrons. The number of guanidine groups is 1. The summed E-state index contributed by atoms with van der Waals surface area (Å²) in [6.07, 6.45) is 5.57. The minimum Gasteiger partial charge on any atom is -0.357 e. The molecule has 5 nitrogen and oxygen atoms in total. The highest BCUT2D eigenvalue weighted by molar-refractivity contribution is 5.81. The Kier molecular flexibility index (Phi) is 7.35. The van der Waals surface area contributed by atoms with Crippen LogP contribution in [0.25, 0.3) is 0 Å². The molecule has 2 unspecified atom stereocenters. The molecule has 2 atom stereocenters. The lowest BCUT2D eigenvalue weighted by Crippen LogP contribution is -2.45. The normalized spacial score (nSPS) is 21.8. The predicted octanol–water partition coefficient (Wildman–Crippen LogP) is 3.44. The number of carbonyl (C=O) groups excluding carboxylic acids is 1. The largest absolute Gasteiger partial charge is 0.357 e. The van der Waals surface area contributed by atoms with Crippen molar-refractivity contribution in [3.8, 4) is 0 Å². The van der Waals surface area contributed by atoms with E-state index in [9.17, 15) is 4.79 Å². The smallest absolute Gasteiger partial charge is 0.225 e. The van der Waals surface area contributed by atoms with Gasteiger partial charge in [-0.15, -0.1) is 0 Å². The predicted molar refractivity (Wildman–Crippen MR) is 116 cm³/mol. The number of hydrogen-bond acceptors (Lipinski definition) is 2. The van der Waals surface area contributed by atoms with Gasteiger partial charge in [-0.25, -0.2) is 0 Å². The highest BCUT2D eigenvalue weighted by Crippen LogP contribution is 2.27. The van der Waals surface area contributed by atoms with Gasteiger partial charge in [-0.1, -0.05) is 49.6 Å². The number of likely N-dealkylation sites (tertiary alicyclic amines) is 1. The van der Waals surface area contributed by atoms with Gasteiger partial charge in [0.2, 0.25) is 5.91 Å². The fraction of sp³-hybridized carbons (Fsp3) is 0.652. The van der Waals surface area contributed by atoms with Crippen LogP contribution < -0.4 is 10.6 Å². The van der Waals surface area contributed by atoms with Crippen molar-refractivity contribution in [2.75, 3.05) is 26.2 Å². The number of hydrogen-bond donors (Lipinski definition) is 2. The van der Waals surface area contributed by atoms with Crippen LogP contribution in [0, 0.1) is 12.8 Å². The van der Waals surface area contributed by atoms with Gasteiger partial charge in [-0.05, 0) is 38.7 Å². The average molecular weight is 385 g/mol. The molecule has 0 spiro atoms. The fourth-order valence-electron chi connectivity index (χ4n) is 4.25. The summed E-state index contributed by atoms with van der Waals surface area (Å²) in [5.41, 5.74) is 2.60. The highest BCUT2D eigenvalue weighted by atomic mass is 16.2. The van der Waals surface area contributed by atoms with Crippen molar-refractivity contribution in [1.82, 2.24) is 15.5 Å². The number of aliphatic imine (C=N–C) groups is 1. The van der Waals surface area contributed by atoms with Gasteiger partial charge in [0.1, 0.15) is 0 Å². The number of aryl methyl sites for hydroxylation is 1. The van der Waals surface area contributed by atoms with Gasteiger partial charge in [-0.3, -0.25) is 9.79 Å². The Bertz CT molecular complexity index is 664. The minimum absolute atomic E-state index is 0.274. The molecule has 2 aliphatic rings. The van der Waals surface area contributed by atoms with Crippen molar-refractivity contribution in [3.05, 3.63) is 35.4 Å². The lowest BCUT2D eigenvalue weighted by molar-refractivity contribution is -0.134. The minimum atomic E-state index is 0.274. The molecule has 1 amide bonds. The van der Waals surface area contributed by atoms with Crippen LogP contribution in [-0.2, 0) is 4.79 Å². The van der Waals surface area contributed by atoms with E-state index < -0.39 is 0 Å². The molecule has 1 aliphatic carbocycles. The maximum absolute atomic E-state index is 12.7. The second-order valence-electron chi connectivity index (χ2n) is 8.43. The second kappa shape index (κ2) is 9.94. The molecule has 0 aromatic heterocycles. The van der Waals surface area contributed by atoms with E-state index in [0.29, 0.717) is 11.8 Å². The quantitative estimate of drug-likeness (QED) is 0.583. The Labute approximate surface area is 170 Å². The Morgan fingerprint density at radius 3 is 2.61 bits per heavy atom. The van der Waals surface area contributed by atoms with E-state index in [2.05, 4.69) is 60.6 Å². The molecule has 2 fully saturated rings. The summed E-state index contributed by atoms with van der Waals surface area (Å²) in [4.78, 5) is 19.5. The maximum atomic E-state index is 12.7. The first-order valence-electron chi connectivity index (χ1n) is 11.0. The highest BCUT2D eigenvalue weighted by Gasteiger charge is 2.32. The topological polar surface area (TPSA) is 56.7 Å². The Morgan fingerprint density at radius 2 is 1.93 bits per heavy atom. The second-order valence-corrected chi connectivity index (χ2v) is 8.43. The molecule has 1 aliphatic heterocycles. The molecular weight excluding hydrogens is 348 g/mol. The number of nitrogens with zero attached hydrogens (tertiary/aromatic N) is 2. The van der Waals surface area contributed by atoms with Crippen LogP contribution in [0.1, 0.15) is 63.0 Å². The van der Waals surface area contributed by atoms with Crippen LogP contribution >= 0.6 is 0 Å². The molecule has 1 saturated heterocycles. The Balaban J connectivity index is 1.53. The first-order valence-corrected chi connectivity index (χ1v) is 11.0. The SMILES string of the molecule is CCNC(=NCC(C)c1ccc(C)cc1)NC1CCN(C(=O)C2CCCC2)C1. The average Bonchev–Trinajstić information content (AvgIpc) is 3.38. The van der Waals surface area contributed by atoms with E-state index in [-0.39, 0.29) is 12.0 Å². The Morgan fingerprint density at radius 1 is 1.21 bits per heavy atom. The molecule has 1 saturated carbocycles. The summed E-state index contributed by atoms with van der Waals surface area (Å²) in [5, 5.41) is 6.91. The summed E-state index contributed by atoms with van der Waals surface area (Å²) in [6, 6.07) is 9.00. The van der Waals surface area contributed by atoms with Crippen LogP contribution in [0.2, 0.25) is 0 Å². The lowest BCUT2D eigenvalue weighted by Gasteiger charge is -2.21. The van der Waals surface area contributed by atoms with Crippen molar-refractivity contribution in [3.63, 3.8) is 0 Å². The molecule has 28 heavy (non-hydrogen) atoms. The summed E-state index contributed by atoms with van der Waals surface area (Å²) in [7, 11) is 0. The van der Waals surface area contributed by atoms with Gasteiger partial charge in [0, 0.05) is 44.1 Å². The van der Waals surface area contributed by atoms with E-state index in [1.165, 1.54) is 24.0 Å². The third-order valence-corrected chi connectivity index (χ3v) is 6.06. The third kappa shape index (κ3) is 5.49. The van der Waals surface area contributed by atoms with Crippen molar-refractivity contribution in [2.24, 2.45) is 10.9 Å². The standard InChI is InChI=1S/C23H36N4O/c1-4-24-23(25-15-18(3)19-11-9-17(2)10-12-19)26-21-13-14-27(16-21)22(28)20-7-5-6-8-20/h9-12,18,20-21H,4-8,13-16H2,1-3H3,(H2,24,25,26).